The molecule has 0 aromatic rings. The van der Waals surface area contributed by atoms with E-state index >= 15 is 0 Å². The van der Waals surface area contributed by atoms with Gasteiger partial charge >= 0.3 is 6.03 Å². The molecule has 0 heterocycles. The SMILES string of the molecule is CCCCC(C)CNC(=O)NC. The van der Waals surface area contributed by atoms with E-state index in [-0.39, 0.29) is 6.03 Å². The van der Waals surface area contributed by atoms with Crippen molar-refractivity contribution in [2.24, 2.45) is 5.92 Å². The highest BCUT2D eigenvalue weighted by atomic mass is 16.2. The first-order valence-corrected chi connectivity index (χ1v) is 4.66. The molecule has 1 unspecified atom stereocenters. The molecule has 0 aliphatic heterocycles. The Morgan fingerprint density at radius 3 is 2.67 bits per heavy atom. The third-order valence-corrected chi connectivity index (χ3v) is 1.89. The molecule has 0 radical (unpaired) electrons. The van der Waals surface area contributed by atoms with Gasteiger partial charge in [0.05, 0.1) is 0 Å². The van der Waals surface area contributed by atoms with Crippen molar-refractivity contribution >= 4 is 6.03 Å². The van der Waals surface area contributed by atoms with Gasteiger partial charge in [-0.3, -0.25) is 0 Å². The van der Waals surface area contributed by atoms with Crippen molar-refractivity contribution in [2.75, 3.05) is 13.6 Å². The van der Waals surface area contributed by atoms with E-state index in [0.29, 0.717) is 5.92 Å². The standard InChI is InChI=1S/C9H20N2O/c1-4-5-6-8(2)7-11-9(12)10-3/h8H,4-7H2,1-3H3,(H2,10,11,12). The van der Waals surface area contributed by atoms with E-state index < -0.39 is 0 Å². The monoisotopic (exact) mass is 172 g/mol. The minimum Gasteiger partial charge on any atom is -0.341 e. The van der Waals surface area contributed by atoms with Gasteiger partial charge in [-0.15, -0.1) is 0 Å². The quantitative estimate of drug-likeness (QED) is 0.651. The molecule has 0 aliphatic rings. The zero-order chi connectivity index (χ0) is 9.40. The molecule has 0 saturated heterocycles. The maximum Gasteiger partial charge on any atom is 0.314 e. The molecule has 3 heteroatoms. The summed E-state index contributed by atoms with van der Waals surface area (Å²) in [6.45, 7) is 5.12. The summed E-state index contributed by atoms with van der Waals surface area (Å²) in [6.07, 6.45) is 3.67. The van der Waals surface area contributed by atoms with Crippen LogP contribution in [0.2, 0.25) is 0 Å². The van der Waals surface area contributed by atoms with E-state index in [9.17, 15) is 4.79 Å². The van der Waals surface area contributed by atoms with E-state index in [4.69, 9.17) is 0 Å². The second-order valence-corrected chi connectivity index (χ2v) is 3.21. The molecule has 0 fully saturated rings. The molecule has 0 saturated carbocycles. The van der Waals surface area contributed by atoms with Crippen LogP contribution in [0.3, 0.4) is 0 Å². The van der Waals surface area contributed by atoms with Gasteiger partial charge in [0.2, 0.25) is 0 Å². The van der Waals surface area contributed by atoms with Crippen LogP contribution in [-0.4, -0.2) is 19.6 Å². The number of rotatable bonds is 5. The fourth-order valence-electron chi connectivity index (χ4n) is 1.01. The van der Waals surface area contributed by atoms with Crippen LogP contribution in [0.25, 0.3) is 0 Å². The van der Waals surface area contributed by atoms with E-state index in [1.54, 1.807) is 7.05 Å². The number of carbonyl (C=O) groups excluding carboxylic acids is 1. The number of hydrogen-bond acceptors (Lipinski definition) is 1. The fourth-order valence-corrected chi connectivity index (χ4v) is 1.01. The topological polar surface area (TPSA) is 41.1 Å². The lowest BCUT2D eigenvalue weighted by Gasteiger charge is -2.11. The Morgan fingerprint density at radius 1 is 1.50 bits per heavy atom. The molecule has 2 N–H and O–H groups in total. The van der Waals surface area contributed by atoms with Crippen LogP contribution in [-0.2, 0) is 0 Å². The van der Waals surface area contributed by atoms with Crippen LogP contribution in [0.15, 0.2) is 0 Å². The third kappa shape index (κ3) is 6.01. The minimum atomic E-state index is -0.0849. The van der Waals surface area contributed by atoms with Crippen molar-refractivity contribution in [3.63, 3.8) is 0 Å². The largest absolute Gasteiger partial charge is 0.341 e. The van der Waals surface area contributed by atoms with Gasteiger partial charge in [0.25, 0.3) is 0 Å². The van der Waals surface area contributed by atoms with Gasteiger partial charge in [-0.05, 0) is 12.3 Å². The number of carbonyl (C=O) groups is 1. The van der Waals surface area contributed by atoms with Crippen molar-refractivity contribution < 1.29 is 4.79 Å². The summed E-state index contributed by atoms with van der Waals surface area (Å²) in [5.74, 6) is 0.585. The van der Waals surface area contributed by atoms with E-state index in [2.05, 4.69) is 24.5 Å². The minimum absolute atomic E-state index is 0.0849. The van der Waals surface area contributed by atoms with Crippen LogP contribution in [0.4, 0.5) is 4.79 Å². The summed E-state index contributed by atoms with van der Waals surface area (Å²) in [6, 6.07) is -0.0849. The van der Waals surface area contributed by atoms with Gasteiger partial charge in [-0.2, -0.15) is 0 Å². The van der Waals surface area contributed by atoms with Crippen molar-refractivity contribution in [1.29, 1.82) is 0 Å². The average Bonchev–Trinajstić information content (AvgIpc) is 2.10. The van der Waals surface area contributed by atoms with Crippen molar-refractivity contribution in [1.82, 2.24) is 10.6 Å². The Bertz CT molecular complexity index is 126. The number of hydrogen-bond donors (Lipinski definition) is 2. The molecule has 72 valence electrons. The molecule has 0 spiro atoms. The van der Waals surface area contributed by atoms with Crippen molar-refractivity contribution in [3.8, 4) is 0 Å². The van der Waals surface area contributed by atoms with Gasteiger partial charge in [0.15, 0.2) is 0 Å². The summed E-state index contributed by atoms with van der Waals surface area (Å²) in [4.78, 5) is 10.8. The Balaban J connectivity index is 3.30. The smallest absolute Gasteiger partial charge is 0.314 e. The van der Waals surface area contributed by atoms with Crippen molar-refractivity contribution in [2.45, 2.75) is 33.1 Å². The molecule has 2 amide bonds. The Labute approximate surface area is 74.9 Å². The molecule has 0 rings (SSSR count). The van der Waals surface area contributed by atoms with E-state index in [1.807, 2.05) is 0 Å². The summed E-state index contributed by atoms with van der Waals surface area (Å²) >= 11 is 0. The molecular weight excluding hydrogens is 152 g/mol. The second-order valence-electron chi connectivity index (χ2n) is 3.21. The van der Waals surface area contributed by atoms with Crippen LogP contribution >= 0.6 is 0 Å². The molecule has 1 atom stereocenters. The maximum atomic E-state index is 10.8. The zero-order valence-corrected chi connectivity index (χ0v) is 8.31. The van der Waals surface area contributed by atoms with Crippen LogP contribution in [0.1, 0.15) is 33.1 Å². The highest BCUT2D eigenvalue weighted by Gasteiger charge is 2.02. The summed E-state index contributed by atoms with van der Waals surface area (Å²) in [7, 11) is 1.63. The highest BCUT2D eigenvalue weighted by molar-refractivity contribution is 5.73. The predicted molar refractivity (Wildman–Crippen MR) is 51.1 cm³/mol. The first-order valence-electron chi connectivity index (χ1n) is 4.66. The number of nitrogens with one attached hydrogen (secondary N) is 2. The summed E-state index contributed by atoms with van der Waals surface area (Å²) in [5.41, 5.74) is 0. The predicted octanol–water partition coefficient (Wildman–Crippen LogP) is 1.74. The Kier molecular flexibility index (Phi) is 6.53. The van der Waals surface area contributed by atoms with Crippen LogP contribution in [0, 0.1) is 5.92 Å². The lowest BCUT2D eigenvalue weighted by Crippen LogP contribution is -2.35. The third-order valence-electron chi connectivity index (χ3n) is 1.89. The van der Waals surface area contributed by atoms with Gasteiger partial charge in [0, 0.05) is 13.6 Å². The van der Waals surface area contributed by atoms with Gasteiger partial charge < -0.3 is 10.6 Å². The van der Waals surface area contributed by atoms with Gasteiger partial charge in [-0.1, -0.05) is 26.7 Å². The molecule has 3 nitrogen and oxygen atoms in total. The number of amides is 2. The number of urea groups is 1. The fraction of sp³-hybridized carbons (Fsp3) is 0.889. The first-order chi connectivity index (χ1) is 5.70. The van der Waals surface area contributed by atoms with E-state index in [1.165, 1.54) is 19.3 Å². The molecule has 0 aliphatic carbocycles. The molecule has 0 aromatic carbocycles. The molecule has 0 bridgehead atoms. The van der Waals surface area contributed by atoms with Crippen molar-refractivity contribution in [3.05, 3.63) is 0 Å². The van der Waals surface area contributed by atoms with E-state index in [0.717, 1.165) is 6.54 Å². The maximum absolute atomic E-state index is 10.8. The van der Waals surface area contributed by atoms with Crippen LogP contribution in [0.5, 0.6) is 0 Å². The summed E-state index contributed by atoms with van der Waals surface area (Å²) < 4.78 is 0. The zero-order valence-electron chi connectivity index (χ0n) is 8.31. The lowest BCUT2D eigenvalue weighted by atomic mass is 10.1. The molecular formula is C9H20N2O. The highest BCUT2D eigenvalue weighted by Crippen LogP contribution is 2.05. The Morgan fingerprint density at radius 2 is 2.17 bits per heavy atom. The first kappa shape index (κ1) is 11.3. The normalized spacial score (nSPS) is 12.2. The second kappa shape index (κ2) is 6.95. The van der Waals surface area contributed by atoms with Gasteiger partial charge in [-0.25, -0.2) is 4.79 Å². The molecule has 0 aromatic heterocycles. The average molecular weight is 172 g/mol. The summed E-state index contributed by atoms with van der Waals surface area (Å²) in [5, 5.41) is 5.32. The Hall–Kier alpha value is -0.730. The number of unbranched alkanes of at least 4 members (excludes halogenated alkanes) is 1. The lowest BCUT2D eigenvalue weighted by molar-refractivity contribution is 0.241. The molecule has 12 heavy (non-hydrogen) atoms. The van der Waals surface area contributed by atoms with Gasteiger partial charge in [0.1, 0.15) is 0 Å². The van der Waals surface area contributed by atoms with Crippen LogP contribution < -0.4 is 10.6 Å².